The molecule has 2 saturated carbocycles. The SMILES string of the molecule is CC(C)CC1(c2cnc(CNC3CC3)o2)CCCC1. The fraction of sp³-hybridized carbons (Fsp3) is 0.812. The van der Waals surface area contributed by atoms with Crippen molar-refractivity contribution in [2.45, 2.75) is 76.8 Å². The first-order chi connectivity index (χ1) is 9.18. The van der Waals surface area contributed by atoms with Gasteiger partial charge in [0.25, 0.3) is 0 Å². The Morgan fingerprint density at radius 3 is 2.74 bits per heavy atom. The summed E-state index contributed by atoms with van der Waals surface area (Å²) in [5.41, 5.74) is 0.277. The van der Waals surface area contributed by atoms with E-state index in [0.29, 0.717) is 6.04 Å². The van der Waals surface area contributed by atoms with Crippen molar-refractivity contribution < 1.29 is 4.42 Å². The van der Waals surface area contributed by atoms with Gasteiger partial charge >= 0.3 is 0 Å². The maximum absolute atomic E-state index is 6.08. The lowest BCUT2D eigenvalue weighted by molar-refractivity contribution is 0.275. The second kappa shape index (κ2) is 5.28. The Balaban J connectivity index is 1.70. The van der Waals surface area contributed by atoms with Crippen molar-refractivity contribution in [3.8, 4) is 0 Å². The second-order valence-corrected chi connectivity index (χ2v) is 6.86. The van der Waals surface area contributed by atoms with Crippen LogP contribution >= 0.6 is 0 Å². The molecule has 3 heteroatoms. The molecule has 0 spiro atoms. The molecular formula is C16H26N2O. The highest BCUT2D eigenvalue weighted by molar-refractivity contribution is 5.14. The zero-order valence-electron chi connectivity index (χ0n) is 12.2. The standard InChI is InChI=1S/C16H26N2O/c1-12(2)9-16(7-3-4-8-16)14-10-18-15(19-14)11-17-13-5-6-13/h10,12-13,17H,3-9,11H2,1-2H3. The lowest BCUT2D eigenvalue weighted by Gasteiger charge is -2.28. The van der Waals surface area contributed by atoms with Gasteiger partial charge in [0.15, 0.2) is 0 Å². The van der Waals surface area contributed by atoms with Crippen molar-refractivity contribution in [2.75, 3.05) is 0 Å². The number of rotatable bonds is 6. The highest BCUT2D eigenvalue weighted by Crippen LogP contribution is 2.45. The molecule has 0 aromatic carbocycles. The Kier molecular flexibility index (Phi) is 3.66. The summed E-state index contributed by atoms with van der Waals surface area (Å²) in [5, 5.41) is 3.47. The highest BCUT2D eigenvalue weighted by atomic mass is 16.4. The molecule has 0 unspecified atom stereocenters. The fourth-order valence-electron chi connectivity index (χ4n) is 3.54. The van der Waals surface area contributed by atoms with E-state index in [1.807, 2.05) is 6.20 Å². The molecule has 0 aliphatic heterocycles. The van der Waals surface area contributed by atoms with Gasteiger partial charge in [-0.2, -0.15) is 0 Å². The van der Waals surface area contributed by atoms with Crippen LogP contribution in [-0.2, 0) is 12.0 Å². The Morgan fingerprint density at radius 1 is 1.37 bits per heavy atom. The predicted molar refractivity (Wildman–Crippen MR) is 76.0 cm³/mol. The van der Waals surface area contributed by atoms with E-state index < -0.39 is 0 Å². The number of hydrogen-bond donors (Lipinski definition) is 1. The van der Waals surface area contributed by atoms with Gasteiger partial charge in [-0.25, -0.2) is 4.98 Å². The van der Waals surface area contributed by atoms with Gasteiger partial charge in [-0.15, -0.1) is 0 Å². The van der Waals surface area contributed by atoms with Crippen LogP contribution in [0.4, 0.5) is 0 Å². The van der Waals surface area contributed by atoms with Gasteiger partial charge in [-0.05, 0) is 38.0 Å². The molecule has 19 heavy (non-hydrogen) atoms. The van der Waals surface area contributed by atoms with Crippen LogP contribution in [0.25, 0.3) is 0 Å². The monoisotopic (exact) mass is 262 g/mol. The normalized spacial score (nSPS) is 22.3. The summed E-state index contributed by atoms with van der Waals surface area (Å²) in [4.78, 5) is 4.48. The molecule has 2 aliphatic rings. The Bertz CT molecular complexity index is 414. The van der Waals surface area contributed by atoms with E-state index in [1.165, 1.54) is 44.9 Å². The van der Waals surface area contributed by atoms with Crippen molar-refractivity contribution in [1.29, 1.82) is 0 Å². The molecule has 2 fully saturated rings. The quantitative estimate of drug-likeness (QED) is 0.847. The third-order valence-electron chi connectivity index (χ3n) is 4.56. The third kappa shape index (κ3) is 3.02. The molecule has 3 nitrogen and oxygen atoms in total. The zero-order chi connectivity index (χ0) is 13.3. The van der Waals surface area contributed by atoms with Gasteiger partial charge < -0.3 is 9.73 Å². The first kappa shape index (κ1) is 13.2. The van der Waals surface area contributed by atoms with Crippen LogP contribution in [0.3, 0.4) is 0 Å². The Labute approximate surface area is 116 Å². The summed E-state index contributed by atoms with van der Waals surface area (Å²) in [6, 6.07) is 0.714. The minimum atomic E-state index is 0.277. The molecule has 3 rings (SSSR count). The van der Waals surface area contributed by atoms with Crippen molar-refractivity contribution >= 4 is 0 Å². The van der Waals surface area contributed by atoms with Crippen LogP contribution in [0.1, 0.15) is 70.4 Å². The van der Waals surface area contributed by atoms with Crippen molar-refractivity contribution in [3.63, 3.8) is 0 Å². The summed E-state index contributed by atoms with van der Waals surface area (Å²) in [6.07, 6.45) is 11.1. The third-order valence-corrected chi connectivity index (χ3v) is 4.56. The van der Waals surface area contributed by atoms with Crippen molar-refractivity contribution in [2.24, 2.45) is 5.92 Å². The van der Waals surface area contributed by atoms with E-state index in [-0.39, 0.29) is 5.41 Å². The lowest BCUT2D eigenvalue weighted by Crippen LogP contribution is -2.23. The predicted octanol–water partition coefficient (Wildman–Crippen LogP) is 3.78. The number of nitrogens with zero attached hydrogens (tertiary/aromatic N) is 1. The molecule has 0 amide bonds. The largest absolute Gasteiger partial charge is 0.444 e. The van der Waals surface area contributed by atoms with Gasteiger partial charge in [-0.1, -0.05) is 26.7 Å². The Hall–Kier alpha value is -0.830. The average molecular weight is 262 g/mol. The minimum absolute atomic E-state index is 0.277. The van der Waals surface area contributed by atoms with E-state index in [4.69, 9.17) is 4.42 Å². The maximum Gasteiger partial charge on any atom is 0.208 e. The number of hydrogen-bond acceptors (Lipinski definition) is 3. The first-order valence-electron chi connectivity index (χ1n) is 7.86. The summed E-state index contributed by atoms with van der Waals surface area (Å²) in [6.45, 7) is 5.42. The van der Waals surface area contributed by atoms with Crippen molar-refractivity contribution in [1.82, 2.24) is 10.3 Å². The van der Waals surface area contributed by atoms with E-state index in [2.05, 4.69) is 24.1 Å². The molecule has 1 aromatic rings. The summed E-state index contributed by atoms with van der Waals surface area (Å²) < 4.78 is 6.08. The van der Waals surface area contributed by atoms with Crippen LogP contribution in [-0.4, -0.2) is 11.0 Å². The van der Waals surface area contributed by atoms with E-state index >= 15 is 0 Å². The molecule has 1 aromatic heterocycles. The van der Waals surface area contributed by atoms with Crippen LogP contribution in [0.15, 0.2) is 10.6 Å². The molecule has 106 valence electrons. The first-order valence-corrected chi connectivity index (χ1v) is 7.86. The number of nitrogens with one attached hydrogen (secondary N) is 1. The fourth-order valence-corrected chi connectivity index (χ4v) is 3.54. The average Bonchev–Trinajstić information content (AvgIpc) is 2.88. The maximum atomic E-state index is 6.08. The molecule has 2 aliphatic carbocycles. The summed E-state index contributed by atoms with van der Waals surface area (Å²) in [7, 11) is 0. The van der Waals surface area contributed by atoms with Crippen molar-refractivity contribution in [3.05, 3.63) is 17.8 Å². The van der Waals surface area contributed by atoms with Crippen LogP contribution in [0, 0.1) is 5.92 Å². The lowest BCUT2D eigenvalue weighted by atomic mass is 9.77. The van der Waals surface area contributed by atoms with E-state index in [9.17, 15) is 0 Å². The van der Waals surface area contributed by atoms with Gasteiger partial charge in [0, 0.05) is 11.5 Å². The Morgan fingerprint density at radius 2 is 2.11 bits per heavy atom. The van der Waals surface area contributed by atoms with Crippen LogP contribution in [0.2, 0.25) is 0 Å². The van der Waals surface area contributed by atoms with E-state index in [1.54, 1.807) is 0 Å². The molecule has 1 N–H and O–H groups in total. The topological polar surface area (TPSA) is 38.1 Å². The second-order valence-electron chi connectivity index (χ2n) is 6.86. The minimum Gasteiger partial charge on any atom is -0.444 e. The van der Waals surface area contributed by atoms with Crippen LogP contribution in [0.5, 0.6) is 0 Å². The van der Waals surface area contributed by atoms with Crippen LogP contribution < -0.4 is 5.32 Å². The van der Waals surface area contributed by atoms with Gasteiger partial charge in [0.2, 0.25) is 5.89 Å². The molecule has 0 radical (unpaired) electrons. The van der Waals surface area contributed by atoms with Gasteiger partial charge in [0.1, 0.15) is 5.76 Å². The molecule has 0 bridgehead atoms. The van der Waals surface area contributed by atoms with Gasteiger partial charge in [-0.3, -0.25) is 0 Å². The summed E-state index contributed by atoms with van der Waals surface area (Å²) in [5.74, 6) is 2.74. The number of aromatic nitrogens is 1. The molecule has 1 heterocycles. The van der Waals surface area contributed by atoms with Gasteiger partial charge in [0.05, 0.1) is 12.7 Å². The summed E-state index contributed by atoms with van der Waals surface area (Å²) >= 11 is 0. The molecular weight excluding hydrogens is 236 g/mol. The van der Waals surface area contributed by atoms with E-state index in [0.717, 1.165) is 24.1 Å². The molecule has 0 atom stereocenters. The number of oxazole rings is 1. The smallest absolute Gasteiger partial charge is 0.208 e. The zero-order valence-corrected chi connectivity index (χ0v) is 12.2. The molecule has 0 saturated heterocycles. The highest BCUT2D eigenvalue weighted by Gasteiger charge is 2.39.